The molecule has 1 aliphatic carbocycles. The molecule has 0 spiro atoms. The first-order chi connectivity index (χ1) is 9.34. The lowest BCUT2D eigenvalue weighted by Gasteiger charge is -2.22. The SMILES string of the molecule is Cc1nc(N2CCCNCC2)nc2c1CCCCC2. The lowest BCUT2D eigenvalue weighted by atomic mass is 10.1. The van der Waals surface area contributed by atoms with Gasteiger partial charge in [-0.1, -0.05) is 6.42 Å². The van der Waals surface area contributed by atoms with Crippen LogP contribution in [0.2, 0.25) is 0 Å². The number of nitrogens with one attached hydrogen (secondary N) is 1. The van der Waals surface area contributed by atoms with Gasteiger partial charge in [-0.25, -0.2) is 9.97 Å². The fourth-order valence-electron chi connectivity index (χ4n) is 3.13. The van der Waals surface area contributed by atoms with E-state index in [0.717, 1.165) is 38.5 Å². The van der Waals surface area contributed by atoms with E-state index < -0.39 is 0 Å². The average Bonchev–Trinajstić information content (AvgIpc) is 2.81. The van der Waals surface area contributed by atoms with E-state index in [9.17, 15) is 0 Å². The molecule has 0 bridgehead atoms. The molecular formula is C15H24N4. The van der Waals surface area contributed by atoms with Gasteiger partial charge in [0.25, 0.3) is 0 Å². The summed E-state index contributed by atoms with van der Waals surface area (Å²) >= 11 is 0. The van der Waals surface area contributed by atoms with Crippen LogP contribution in [0.3, 0.4) is 0 Å². The van der Waals surface area contributed by atoms with E-state index in [-0.39, 0.29) is 0 Å². The third-order valence-electron chi connectivity index (χ3n) is 4.25. The zero-order valence-electron chi connectivity index (χ0n) is 11.9. The molecule has 3 rings (SSSR count). The van der Waals surface area contributed by atoms with Gasteiger partial charge in [-0.3, -0.25) is 0 Å². The van der Waals surface area contributed by atoms with Crippen molar-refractivity contribution in [2.75, 3.05) is 31.1 Å². The smallest absolute Gasteiger partial charge is 0.225 e. The van der Waals surface area contributed by atoms with Crippen LogP contribution in [0.25, 0.3) is 0 Å². The molecule has 0 radical (unpaired) electrons. The van der Waals surface area contributed by atoms with Crippen LogP contribution in [0.5, 0.6) is 0 Å². The first kappa shape index (κ1) is 12.9. The zero-order chi connectivity index (χ0) is 13.1. The van der Waals surface area contributed by atoms with E-state index in [0.29, 0.717) is 0 Å². The molecule has 2 aliphatic rings. The van der Waals surface area contributed by atoms with Gasteiger partial charge < -0.3 is 10.2 Å². The van der Waals surface area contributed by atoms with Crippen LogP contribution in [0.4, 0.5) is 5.95 Å². The van der Waals surface area contributed by atoms with Crippen molar-refractivity contribution in [3.8, 4) is 0 Å². The first-order valence-electron chi connectivity index (χ1n) is 7.66. The highest BCUT2D eigenvalue weighted by Crippen LogP contribution is 2.23. The number of hydrogen-bond donors (Lipinski definition) is 1. The molecule has 1 saturated heterocycles. The predicted molar refractivity (Wildman–Crippen MR) is 77.7 cm³/mol. The number of nitrogens with zero attached hydrogens (tertiary/aromatic N) is 3. The maximum atomic E-state index is 4.89. The molecule has 0 unspecified atom stereocenters. The van der Waals surface area contributed by atoms with Crippen LogP contribution >= 0.6 is 0 Å². The summed E-state index contributed by atoms with van der Waals surface area (Å²) in [6.45, 7) is 6.41. The van der Waals surface area contributed by atoms with Gasteiger partial charge in [-0.05, 0) is 51.1 Å². The van der Waals surface area contributed by atoms with E-state index in [2.05, 4.69) is 17.1 Å². The van der Waals surface area contributed by atoms with Crippen molar-refractivity contribution in [1.29, 1.82) is 0 Å². The zero-order valence-corrected chi connectivity index (χ0v) is 11.9. The van der Waals surface area contributed by atoms with E-state index in [4.69, 9.17) is 9.97 Å². The number of aromatic nitrogens is 2. The van der Waals surface area contributed by atoms with Crippen LogP contribution in [0, 0.1) is 6.92 Å². The van der Waals surface area contributed by atoms with Gasteiger partial charge in [0.15, 0.2) is 0 Å². The van der Waals surface area contributed by atoms with Gasteiger partial charge in [-0.2, -0.15) is 0 Å². The summed E-state index contributed by atoms with van der Waals surface area (Å²) in [5.74, 6) is 0.960. The second kappa shape index (κ2) is 5.87. The van der Waals surface area contributed by atoms with Crippen molar-refractivity contribution in [1.82, 2.24) is 15.3 Å². The molecular weight excluding hydrogens is 236 g/mol. The fourth-order valence-corrected chi connectivity index (χ4v) is 3.13. The molecule has 2 heterocycles. The molecule has 0 saturated carbocycles. The summed E-state index contributed by atoms with van der Waals surface area (Å²) in [5.41, 5.74) is 3.95. The molecule has 0 atom stereocenters. The Kier molecular flexibility index (Phi) is 3.97. The van der Waals surface area contributed by atoms with Crippen molar-refractivity contribution in [3.63, 3.8) is 0 Å². The topological polar surface area (TPSA) is 41.1 Å². The number of rotatable bonds is 1. The quantitative estimate of drug-likeness (QED) is 0.783. The Morgan fingerprint density at radius 1 is 0.947 bits per heavy atom. The second-order valence-electron chi connectivity index (χ2n) is 5.69. The van der Waals surface area contributed by atoms with E-state index >= 15 is 0 Å². The van der Waals surface area contributed by atoms with Crippen molar-refractivity contribution in [3.05, 3.63) is 17.0 Å². The molecule has 1 N–H and O–H groups in total. The highest BCUT2D eigenvalue weighted by molar-refractivity contribution is 5.37. The lowest BCUT2D eigenvalue weighted by molar-refractivity contribution is 0.707. The van der Waals surface area contributed by atoms with Gasteiger partial charge in [0, 0.05) is 31.0 Å². The Labute approximate surface area is 115 Å². The summed E-state index contributed by atoms with van der Waals surface area (Å²) in [5, 5.41) is 3.44. The van der Waals surface area contributed by atoms with Gasteiger partial charge in [0.2, 0.25) is 5.95 Å². The standard InChI is InChI=1S/C15H24N4/c1-12-13-6-3-2-4-7-14(13)18-15(17-12)19-10-5-8-16-9-11-19/h16H,2-11H2,1H3. The molecule has 4 heteroatoms. The Hall–Kier alpha value is -1.16. The Balaban J connectivity index is 1.89. The summed E-state index contributed by atoms with van der Waals surface area (Å²) in [7, 11) is 0. The van der Waals surface area contributed by atoms with Crippen molar-refractivity contribution in [2.45, 2.75) is 45.4 Å². The first-order valence-corrected chi connectivity index (χ1v) is 7.66. The van der Waals surface area contributed by atoms with Gasteiger partial charge in [-0.15, -0.1) is 0 Å². The molecule has 19 heavy (non-hydrogen) atoms. The monoisotopic (exact) mass is 260 g/mol. The number of anilines is 1. The van der Waals surface area contributed by atoms with Crippen LogP contribution in [-0.2, 0) is 12.8 Å². The fraction of sp³-hybridized carbons (Fsp3) is 0.733. The second-order valence-corrected chi connectivity index (χ2v) is 5.69. The van der Waals surface area contributed by atoms with Crippen molar-refractivity contribution >= 4 is 5.95 Å². The molecule has 0 amide bonds. The molecule has 0 aromatic carbocycles. The molecule has 1 aromatic rings. The number of fused-ring (bicyclic) bond motifs is 1. The predicted octanol–water partition coefficient (Wildman–Crippen LogP) is 1.85. The maximum Gasteiger partial charge on any atom is 0.225 e. The van der Waals surface area contributed by atoms with E-state index in [1.165, 1.54) is 49.1 Å². The van der Waals surface area contributed by atoms with E-state index in [1.807, 2.05) is 0 Å². The largest absolute Gasteiger partial charge is 0.339 e. The molecule has 104 valence electrons. The highest BCUT2D eigenvalue weighted by Gasteiger charge is 2.18. The van der Waals surface area contributed by atoms with Crippen LogP contribution in [0.1, 0.15) is 42.6 Å². The minimum Gasteiger partial charge on any atom is -0.339 e. The van der Waals surface area contributed by atoms with Gasteiger partial charge in [0.1, 0.15) is 0 Å². The summed E-state index contributed by atoms with van der Waals surface area (Å²) in [6, 6.07) is 0. The molecule has 4 nitrogen and oxygen atoms in total. The average molecular weight is 260 g/mol. The Morgan fingerprint density at radius 2 is 1.84 bits per heavy atom. The Morgan fingerprint density at radius 3 is 2.79 bits per heavy atom. The summed E-state index contributed by atoms with van der Waals surface area (Å²) < 4.78 is 0. The lowest BCUT2D eigenvalue weighted by Crippen LogP contribution is -2.30. The summed E-state index contributed by atoms with van der Waals surface area (Å²) in [4.78, 5) is 12.0. The minimum atomic E-state index is 0.960. The summed E-state index contributed by atoms with van der Waals surface area (Å²) in [6.07, 6.45) is 7.40. The molecule has 1 aliphatic heterocycles. The van der Waals surface area contributed by atoms with Gasteiger partial charge >= 0.3 is 0 Å². The maximum absolute atomic E-state index is 4.89. The van der Waals surface area contributed by atoms with E-state index in [1.54, 1.807) is 0 Å². The van der Waals surface area contributed by atoms with Crippen LogP contribution in [-0.4, -0.2) is 36.1 Å². The third-order valence-corrected chi connectivity index (χ3v) is 4.25. The highest BCUT2D eigenvalue weighted by atomic mass is 15.3. The van der Waals surface area contributed by atoms with Gasteiger partial charge in [0.05, 0.1) is 0 Å². The molecule has 1 fully saturated rings. The number of hydrogen-bond acceptors (Lipinski definition) is 4. The normalized spacial score (nSPS) is 20.6. The van der Waals surface area contributed by atoms with Crippen molar-refractivity contribution in [2.24, 2.45) is 0 Å². The van der Waals surface area contributed by atoms with Crippen LogP contribution < -0.4 is 10.2 Å². The molecule has 1 aromatic heterocycles. The van der Waals surface area contributed by atoms with Crippen LogP contribution in [0.15, 0.2) is 0 Å². The van der Waals surface area contributed by atoms with Crippen molar-refractivity contribution < 1.29 is 0 Å². The minimum absolute atomic E-state index is 0.960. The number of aryl methyl sites for hydroxylation is 2. The Bertz CT molecular complexity index is 436. The third kappa shape index (κ3) is 2.89.